The van der Waals surface area contributed by atoms with E-state index in [0.717, 1.165) is 0 Å². The number of nitro benzene ring substituents is 1. The van der Waals surface area contributed by atoms with Gasteiger partial charge in [-0.1, -0.05) is 0 Å². The van der Waals surface area contributed by atoms with Crippen molar-refractivity contribution in [3.05, 3.63) is 39.9 Å². The molecule has 1 saturated carbocycles. The Kier molecular flexibility index (Phi) is 6.23. The minimum Gasteiger partial charge on any atom is -0.475 e. The number of non-ortho nitro benzene ring substituents is 1. The van der Waals surface area contributed by atoms with Crippen molar-refractivity contribution in [2.24, 2.45) is 5.73 Å². The van der Waals surface area contributed by atoms with Gasteiger partial charge in [-0.3, -0.25) is 10.1 Å². The number of nitro groups is 1. The lowest BCUT2D eigenvalue weighted by Crippen LogP contribution is -2.42. The third-order valence-corrected chi connectivity index (χ3v) is 2.96. The predicted molar refractivity (Wildman–Crippen MR) is 73.2 cm³/mol. The van der Waals surface area contributed by atoms with Crippen LogP contribution in [0, 0.1) is 10.1 Å². The summed E-state index contributed by atoms with van der Waals surface area (Å²) in [6, 6.07) is 5.45. The van der Waals surface area contributed by atoms with Crippen LogP contribution in [0.5, 0.6) is 0 Å². The van der Waals surface area contributed by atoms with Crippen molar-refractivity contribution in [2.45, 2.75) is 31.2 Å². The topological polar surface area (TPSA) is 133 Å². The Labute approximate surface area is 133 Å². The fourth-order valence-corrected chi connectivity index (χ4v) is 1.64. The van der Waals surface area contributed by atoms with E-state index in [-0.39, 0.29) is 17.8 Å². The van der Waals surface area contributed by atoms with E-state index in [4.69, 9.17) is 20.4 Å². The Hall–Kier alpha value is -2.69. The minimum absolute atomic E-state index is 0.0489. The van der Waals surface area contributed by atoms with Crippen molar-refractivity contribution in [1.82, 2.24) is 0 Å². The average Bonchev–Trinajstić information content (AvgIpc) is 2.45. The van der Waals surface area contributed by atoms with Crippen molar-refractivity contribution < 1.29 is 37.5 Å². The number of ether oxygens (including phenoxy) is 1. The molecule has 2 rings (SSSR count). The monoisotopic (exact) mass is 350 g/mol. The smallest absolute Gasteiger partial charge is 0.475 e. The van der Waals surface area contributed by atoms with Crippen LogP contribution in [-0.4, -0.2) is 40.3 Å². The zero-order chi connectivity index (χ0) is 18.5. The molecule has 24 heavy (non-hydrogen) atoms. The highest BCUT2D eigenvalue weighted by atomic mass is 19.4. The van der Waals surface area contributed by atoms with Crippen LogP contribution in [0.1, 0.15) is 23.2 Å². The lowest BCUT2D eigenvalue weighted by atomic mass is 9.90. The zero-order valence-electron chi connectivity index (χ0n) is 12.0. The summed E-state index contributed by atoms with van der Waals surface area (Å²) in [5.41, 5.74) is 5.84. The van der Waals surface area contributed by atoms with E-state index in [1.54, 1.807) is 0 Å². The lowest BCUT2D eigenvalue weighted by Gasteiger charge is -2.31. The first-order chi connectivity index (χ1) is 11.0. The molecule has 0 atom stereocenters. The quantitative estimate of drug-likeness (QED) is 0.483. The number of carbonyl (C=O) groups is 2. The molecule has 132 valence electrons. The molecule has 1 aromatic rings. The van der Waals surface area contributed by atoms with Gasteiger partial charge in [-0.15, -0.1) is 0 Å². The molecule has 3 N–H and O–H groups in total. The predicted octanol–water partition coefficient (Wildman–Crippen LogP) is 1.87. The number of alkyl halides is 3. The van der Waals surface area contributed by atoms with E-state index in [9.17, 15) is 28.1 Å². The Morgan fingerprint density at radius 3 is 2.04 bits per heavy atom. The zero-order valence-corrected chi connectivity index (χ0v) is 12.0. The Morgan fingerprint density at radius 2 is 1.71 bits per heavy atom. The van der Waals surface area contributed by atoms with Crippen LogP contribution >= 0.6 is 0 Å². The molecule has 0 aliphatic heterocycles. The number of esters is 1. The first-order valence-corrected chi connectivity index (χ1v) is 6.52. The molecule has 0 unspecified atom stereocenters. The Balaban J connectivity index is 0.000000351. The van der Waals surface area contributed by atoms with E-state index in [1.807, 2.05) is 0 Å². The van der Waals surface area contributed by atoms with Crippen LogP contribution in [0.4, 0.5) is 18.9 Å². The summed E-state index contributed by atoms with van der Waals surface area (Å²) in [5.74, 6) is -3.22. The summed E-state index contributed by atoms with van der Waals surface area (Å²) in [6.07, 6.45) is -3.84. The van der Waals surface area contributed by atoms with E-state index in [0.29, 0.717) is 18.4 Å². The molecule has 8 nitrogen and oxygen atoms in total. The van der Waals surface area contributed by atoms with Gasteiger partial charge >= 0.3 is 18.1 Å². The maximum Gasteiger partial charge on any atom is 0.490 e. The molecular formula is C13H13F3N2O6. The normalized spacial score (nSPS) is 19.3. The molecule has 1 aliphatic rings. The van der Waals surface area contributed by atoms with Crippen LogP contribution in [0.25, 0.3) is 0 Å². The average molecular weight is 350 g/mol. The number of benzene rings is 1. The number of halogens is 3. The number of hydrogen-bond donors (Lipinski definition) is 2. The van der Waals surface area contributed by atoms with Crippen molar-refractivity contribution in [3.63, 3.8) is 0 Å². The largest absolute Gasteiger partial charge is 0.490 e. The van der Waals surface area contributed by atoms with Crippen molar-refractivity contribution in [1.29, 1.82) is 0 Å². The molecule has 0 heterocycles. The third kappa shape index (κ3) is 5.83. The van der Waals surface area contributed by atoms with Gasteiger partial charge in [0, 0.05) is 18.2 Å². The second kappa shape index (κ2) is 7.73. The second-order valence-corrected chi connectivity index (χ2v) is 4.87. The van der Waals surface area contributed by atoms with Crippen LogP contribution in [0.3, 0.4) is 0 Å². The molecular weight excluding hydrogens is 337 g/mol. The van der Waals surface area contributed by atoms with Gasteiger partial charge in [-0.2, -0.15) is 13.2 Å². The number of carboxylic acid groups (broad SMARTS) is 1. The summed E-state index contributed by atoms with van der Waals surface area (Å²) in [6.45, 7) is 0. The Bertz CT molecular complexity index is 611. The highest BCUT2D eigenvalue weighted by Gasteiger charge is 2.38. The molecule has 0 spiro atoms. The highest BCUT2D eigenvalue weighted by molar-refractivity contribution is 5.89. The third-order valence-electron chi connectivity index (χ3n) is 2.96. The van der Waals surface area contributed by atoms with Gasteiger partial charge in [0.05, 0.1) is 10.5 Å². The van der Waals surface area contributed by atoms with Crippen molar-refractivity contribution in [3.8, 4) is 0 Å². The van der Waals surface area contributed by atoms with Gasteiger partial charge in [0.2, 0.25) is 0 Å². The van der Waals surface area contributed by atoms with Crippen LogP contribution in [0.15, 0.2) is 24.3 Å². The first kappa shape index (κ1) is 19.4. The van der Waals surface area contributed by atoms with E-state index < -0.39 is 23.0 Å². The van der Waals surface area contributed by atoms with Crippen LogP contribution in [0.2, 0.25) is 0 Å². The number of nitrogens with zero attached hydrogens (tertiary/aromatic N) is 1. The number of carbonyl (C=O) groups excluding carboxylic acids is 1. The molecule has 0 aromatic heterocycles. The standard InChI is InChI=1S/C11H12N2O4.C2HF3O2/c12-8-5-10(6-8)17-11(14)7-1-3-9(4-2-7)13(15)16;3-2(4,5)1(6)7/h1-4,8,10H,5-6,12H2;(H,6,7). The minimum atomic E-state index is -5.08. The Morgan fingerprint density at radius 1 is 1.25 bits per heavy atom. The molecule has 0 saturated heterocycles. The van der Waals surface area contributed by atoms with Crippen LogP contribution in [-0.2, 0) is 9.53 Å². The summed E-state index contributed by atoms with van der Waals surface area (Å²) in [7, 11) is 0. The summed E-state index contributed by atoms with van der Waals surface area (Å²) in [4.78, 5) is 30.4. The fourth-order valence-electron chi connectivity index (χ4n) is 1.64. The van der Waals surface area contributed by atoms with E-state index in [2.05, 4.69) is 0 Å². The lowest BCUT2D eigenvalue weighted by molar-refractivity contribution is -0.384. The molecule has 1 aromatic carbocycles. The SMILES string of the molecule is NC1CC(OC(=O)c2ccc([N+](=O)[O-])cc2)C1.O=C(O)C(F)(F)F. The van der Waals surface area contributed by atoms with Crippen molar-refractivity contribution in [2.75, 3.05) is 0 Å². The highest BCUT2D eigenvalue weighted by Crippen LogP contribution is 2.23. The number of nitrogens with two attached hydrogens (primary N) is 1. The van der Waals surface area contributed by atoms with Gasteiger partial charge in [0.15, 0.2) is 0 Å². The maximum absolute atomic E-state index is 11.6. The van der Waals surface area contributed by atoms with E-state index >= 15 is 0 Å². The van der Waals surface area contributed by atoms with E-state index in [1.165, 1.54) is 24.3 Å². The second-order valence-electron chi connectivity index (χ2n) is 4.87. The number of rotatable bonds is 3. The van der Waals surface area contributed by atoms with Crippen molar-refractivity contribution >= 4 is 17.6 Å². The molecule has 0 amide bonds. The van der Waals surface area contributed by atoms with Gasteiger partial charge in [0.25, 0.3) is 5.69 Å². The summed E-state index contributed by atoms with van der Waals surface area (Å²) >= 11 is 0. The molecule has 0 radical (unpaired) electrons. The first-order valence-electron chi connectivity index (χ1n) is 6.52. The number of carboxylic acids is 1. The maximum atomic E-state index is 11.6. The fraction of sp³-hybridized carbons (Fsp3) is 0.385. The van der Waals surface area contributed by atoms with Gasteiger partial charge in [-0.25, -0.2) is 9.59 Å². The summed E-state index contributed by atoms with van der Waals surface area (Å²) < 4.78 is 36.9. The van der Waals surface area contributed by atoms with Crippen LogP contribution < -0.4 is 5.73 Å². The number of hydrogen-bond acceptors (Lipinski definition) is 6. The summed E-state index contributed by atoms with van der Waals surface area (Å²) in [5, 5.41) is 17.6. The molecule has 11 heteroatoms. The molecule has 1 fully saturated rings. The van der Waals surface area contributed by atoms with Gasteiger partial charge in [-0.05, 0) is 25.0 Å². The molecule has 1 aliphatic carbocycles. The van der Waals surface area contributed by atoms with Gasteiger partial charge in [0.1, 0.15) is 6.10 Å². The van der Waals surface area contributed by atoms with Gasteiger partial charge < -0.3 is 15.6 Å². The molecule has 0 bridgehead atoms. The number of aliphatic carboxylic acids is 1.